The summed E-state index contributed by atoms with van der Waals surface area (Å²) >= 11 is 0. The zero-order valence-corrected chi connectivity index (χ0v) is 15.1. The smallest absolute Gasteiger partial charge is 0.250 e. The Kier molecular flexibility index (Phi) is 6.17. The molecule has 1 fully saturated rings. The number of carbonyl (C=O) groups excluding carboxylic acids is 1. The predicted molar refractivity (Wildman–Crippen MR) is 98.7 cm³/mol. The van der Waals surface area contributed by atoms with Crippen LogP contribution in [0.4, 0.5) is 0 Å². The van der Waals surface area contributed by atoms with Gasteiger partial charge in [0, 0.05) is 50.2 Å². The van der Waals surface area contributed by atoms with Gasteiger partial charge in [0.05, 0.1) is 12.7 Å². The Bertz CT molecular complexity index is 780. The maximum absolute atomic E-state index is 12.4. The number of hydrogen-bond acceptors (Lipinski definition) is 4. The summed E-state index contributed by atoms with van der Waals surface area (Å²) in [6.07, 6.45) is 5.78. The number of likely N-dealkylation sites (tertiary alicyclic amines) is 1. The molecule has 1 aliphatic heterocycles. The average molecular weight is 355 g/mol. The lowest BCUT2D eigenvalue weighted by atomic mass is 10.1. The molecule has 1 saturated heterocycles. The lowest BCUT2D eigenvalue weighted by Gasteiger charge is -2.32. The monoisotopic (exact) mass is 355 g/mol. The van der Waals surface area contributed by atoms with Crippen molar-refractivity contribution >= 4 is 5.91 Å². The van der Waals surface area contributed by atoms with Gasteiger partial charge in [-0.25, -0.2) is 0 Å². The summed E-state index contributed by atoms with van der Waals surface area (Å²) in [4.78, 5) is 30.3. The van der Waals surface area contributed by atoms with Gasteiger partial charge < -0.3 is 14.2 Å². The van der Waals surface area contributed by atoms with E-state index in [1.54, 1.807) is 16.8 Å². The molecule has 3 rings (SSSR count). The van der Waals surface area contributed by atoms with Gasteiger partial charge in [-0.2, -0.15) is 0 Å². The molecule has 138 valence electrons. The van der Waals surface area contributed by atoms with Crippen LogP contribution in [0.2, 0.25) is 0 Å². The number of rotatable bonds is 6. The normalized spacial score (nSPS) is 15.2. The van der Waals surface area contributed by atoms with E-state index in [4.69, 9.17) is 4.74 Å². The molecule has 0 atom stereocenters. The van der Waals surface area contributed by atoms with Crippen molar-refractivity contribution in [1.82, 2.24) is 14.5 Å². The Morgan fingerprint density at radius 2 is 2.04 bits per heavy atom. The van der Waals surface area contributed by atoms with Crippen LogP contribution in [0, 0.1) is 6.92 Å². The minimum Gasteiger partial charge on any atom is -0.373 e. The molecule has 1 aliphatic rings. The molecule has 0 unspecified atom stereocenters. The van der Waals surface area contributed by atoms with Gasteiger partial charge in [0.25, 0.3) is 5.56 Å². The lowest BCUT2D eigenvalue weighted by molar-refractivity contribution is -0.134. The molecule has 0 bridgehead atoms. The Labute approximate surface area is 153 Å². The fourth-order valence-electron chi connectivity index (χ4n) is 3.24. The molecule has 0 N–H and O–H groups in total. The highest BCUT2D eigenvalue weighted by Gasteiger charge is 2.23. The van der Waals surface area contributed by atoms with E-state index in [0.717, 1.165) is 24.1 Å². The maximum Gasteiger partial charge on any atom is 0.250 e. The SMILES string of the molecule is Cc1cccc(=O)n1CCC(=O)N1CCC(OCc2cccnc2)CC1. The first-order chi connectivity index (χ1) is 12.6. The summed E-state index contributed by atoms with van der Waals surface area (Å²) < 4.78 is 7.59. The van der Waals surface area contributed by atoms with Gasteiger partial charge in [-0.05, 0) is 37.5 Å². The molecule has 26 heavy (non-hydrogen) atoms. The molecule has 0 aliphatic carbocycles. The number of nitrogens with zero attached hydrogens (tertiary/aromatic N) is 3. The molecular weight excluding hydrogens is 330 g/mol. The van der Waals surface area contributed by atoms with Crippen molar-refractivity contribution in [3.63, 3.8) is 0 Å². The van der Waals surface area contributed by atoms with E-state index < -0.39 is 0 Å². The minimum absolute atomic E-state index is 0.0553. The maximum atomic E-state index is 12.4. The van der Waals surface area contributed by atoms with Crippen LogP contribution < -0.4 is 5.56 Å². The van der Waals surface area contributed by atoms with Gasteiger partial charge in [-0.1, -0.05) is 12.1 Å². The van der Waals surface area contributed by atoms with Crippen LogP contribution in [0.15, 0.2) is 47.5 Å². The second-order valence-electron chi connectivity index (χ2n) is 6.66. The van der Waals surface area contributed by atoms with Crippen molar-refractivity contribution in [2.75, 3.05) is 13.1 Å². The van der Waals surface area contributed by atoms with Crippen molar-refractivity contribution in [3.05, 3.63) is 64.3 Å². The molecule has 2 aromatic heterocycles. The minimum atomic E-state index is -0.0553. The summed E-state index contributed by atoms with van der Waals surface area (Å²) in [6, 6.07) is 9.06. The van der Waals surface area contributed by atoms with E-state index in [9.17, 15) is 9.59 Å². The van der Waals surface area contributed by atoms with Gasteiger partial charge in [0.15, 0.2) is 0 Å². The zero-order valence-electron chi connectivity index (χ0n) is 15.1. The fraction of sp³-hybridized carbons (Fsp3) is 0.450. The summed E-state index contributed by atoms with van der Waals surface area (Å²) in [7, 11) is 0. The summed E-state index contributed by atoms with van der Waals surface area (Å²) in [5, 5.41) is 0. The van der Waals surface area contributed by atoms with Crippen LogP contribution >= 0.6 is 0 Å². The average Bonchev–Trinajstić information content (AvgIpc) is 2.67. The fourth-order valence-corrected chi connectivity index (χ4v) is 3.24. The Balaban J connectivity index is 1.43. The number of carbonyl (C=O) groups is 1. The Hall–Kier alpha value is -2.47. The van der Waals surface area contributed by atoms with E-state index in [1.807, 2.05) is 36.2 Å². The second kappa shape index (κ2) is 8.76. The van der Waals surface area contributed by atoms with Gasteiger partial charge >= 0.3 is 0 Å². The Morgan fingerprint density at radius 3 is 2.73 bits per heavy atom. The number of piperidine rings is 1. The van der Waals surface area contributed by atoms with Crippen molar-refractivity contribution in [1.29, 1.82) is 0 Å². The van der Waals surface area contributed by atoms with Crippen molar-refractivity contribution in [2.24, 2.45) is 0 Å². The van der Waals surface area contributed by atoms with Crippen LogP contribution in [0.5, 0.6) is 0 Å². The van der Waals surface area contributed by atoms with E-state index in [-0.39, 0.29) is 17.6 Å². The molecule has 6 nitrogen and oxygen atoms in total. The number of hydrogen-bond donors (Lipinski definition) is 0. The summed E-state index contributed by atoms with van der Waals surface area (Å²) in [5.74, 6) is 0.103. The molecule has 2 aromatic rings. The van der Waals surface area contributed by atoms with Gasteiger partial charge in [-0.15, -0.1) is 0 Å². The quantitative estimate of drug-likeness (QED) is 0.796. The van der Waals surface area contributed by atoms with E-state index in [0.29, 0.717) is 32.7 Å². The van der Waals surface area contributed by atoms with Gasteiger partial charge in [0.2, 0.25) is 5.91 Å². The summed E-state index contributed by atoms with van der Waals surface area (Å²) in [6.45, 7) is 4.29. The molecule has 1 amide bonds. The van der Waals surface area contributed by atoms with Crippen LogP contribution in [-0.2, 0) is 22.7 Å². The van der Waals surface area contributed by atoms with Crippen molar-refractivity contribution < 1.29 is 9.53 Å². The third-order valence-corrected chi connectivity index (χ3v) is 4.82. The second-order valence-corrected chi connectivity index (χ2v) is 6.66. The van der Waals surface area contributed by atoms with Gasteiger partial charge in [0.1, 0.15) is 0 Å². The van der Waals surface area contributed by atoms with Crippen LogP contribution in [-0.4, -0.2) is 39.6 Å². The largest absolute Gasteiger partial charge is 0.373 e. The zero-order chi connectivity index (χ0) is 18.4. The first-order valence-corrected chi connectivity index (χ1v) is 9.08. The molecular formula is C20H25N3O3. The molecule has 0 radical (unpaired) electrons. The number of amides is 1. The highest BCUT2D eigenvalue weighted by Crippen LogP contribution is 2.16. The standard InChI is InChI=1S/C20H25N3O3/c1-16-4-2-6-20(25)23(16)13-9-19(24)22-11-7-18(8-12-22)26-15-17-5-3-10-21-14-17/h2-6,10,14,18H,7-9,11-13,15H2,1H3. The van der Waals surface area contributed by atoms with Crippen molar-refractivity contribution in [2.45, 2.75) is 45.4 Å². The summed E-state index contributed by atoms with van der Waals surface area (Å²) in [5.41, 5.74) is 1.89. The Morgan fingerprint density at radius 1 is 1.23 bits per heavy atom. The number of ether oxygens (including phenoxy) is 1. The first kappa shape index (κ1) is 18.3. The van der Waals surface area contributed by atoms with E-state index in [1.165, 1.54) is 6.07 Å². The third kappa shape index (κ3) is 4.79. The van der Waals surface area contributed by atoms with E-state index >= 15 is 0 Å². The van der Waals surface area contributed by atoms with Crippen molar-refractivity contribution in [3.8, 4) is 0 Å². The lowest BCUT2D eigenvalue weighted by Crippen LogP contribution is -2.41. The van der Waals surface area contributed by atoms with Crippen LogP contribution in [0.3, 0.4) is 0 Å². The van der Waals surface area contributed by atoms with Crippen LogP contribution in [0.1, 0.15) is 30.5 Å². The number of aromatic nitrogens is 2. The molecule has 3 heterocycles. The highest BCUT2D eigenvalue weighted by molar-refractivity contribution is 5.76. The van der Waals surface area contributed by atoms with Crippen LogP contribution in [0.25, 0.3) is 0 Å². The third-order valence-electron chi connectivity index (χ3n) is 4.82. The molecule has 0 spiro atoms. The van der Waals surface area contributed by atoms with E-state index in [2.05, 4.69) is 4.98 Å². The number of pyridine rings is 2. The first-order valence-electron chi connectivity index (χ1n) is 9.08. The van der Waals surface area contributed by atoms with Gasteiger partial charge in [-0.3, -0.25) is 14.6 Å². The number of aryl methyl sites for hydroxylation is 1. The molecule has 6 heteroatoms. The topological polar surface area (TPSA) is 64.4 Å². The highest BCUT2D eigenvalue weighted by atomic mass is 16.5. The molecule has 0 aromatic carbocycles. The molecule has 0 saturated carbocycles. The predicted octanol–water partition coefficient (Wildman–Crippen LogP) is 2.15.